The lowest BCUT2D eigenvalue weighted by Crippen LogP contribution is -2.34. The lowest BCUT2D eigenvalue weighted by molar-refractivity contribution is 0.181. The Balaban J connectivity index is 1.94. The van der Waals surface area contributed by atoms with Crippen LogP contribution >= 0.6 is 0 Å². The van der Waals surface area contributed by atoms with E-state index in [1.807, 2.05) is 6.07 Å². The van der Waals surface area contributed by atoms with Gasteiger partial charge in [-0.3, -0.25) is 0 Å². The van der Waals surface area contributed by atoms with Crippen LogP contribution in [0.3, 0.4) is 0 Å². The molecule has 0 amide bonds. The Morgan fingerprint density at radius 3 is 3.05 bits per heavy atom. The highest BCUT2D eigenvalue weighted by Crippen LogP contribution is 2.21. The second-order valence-corrected chi connectivity index (χ2v) is 5.67. The van der Waals surface area contributed by atoms with Gasteiger partial charge in [0.1, 0.15) is 5.75 Å². The summed E-state index contributed by atoms with van der Waals surface area (Å²) in [7, 11) is 1.72. The maximum absolute atomic E-state index is 5.50. The quantitative estimate of drug-likeness (QED) is 0.792. The molecule has 1 fully saturated rings. The molecular weight excluding hydrogens is 250 g/mol. The second kappa shape index (κ2) is 8.28. The predicted molar refractivity (Wildman–Crippen MR) is 82.3 cm³/mol. The van der Waals surface area contributed by atoms with Gasteiger partial charge in [0.15, 0.2) is 0 Å². The molecule has 0 saturated carbocycles. The van der Waals surface area contributed by atoms with Gasteiger partial charge in [0, 0.05) is 19.3 Å². The molecule has 0 aromatic heterocycles. The highest BCUT2D eigenvalue weighted by Gasteiger charge is 2.20. The summed E-state index contributed by atoms with van der Waals surface area (Å²) >= 11 is 0. The predicted octanol–water partition coefficient (Wildman–Crippen LogP) is 3.03. The lowest BCUT2D eigenvalue weighted by atomic mass is 9.94. The Morgan fingerprint density at radius 1 is 1.45 bits per heavy atom. The first-order chi connectivity index (χ1) is 9.81. The number of hydrogen-bond acceptors (Lipinski definition) is 3. The molecule has 20 heavy (non-hydrogen) atoms. The summed E-state index contributed by atoms with van der Waals surface area (Å²) in [5, 5.41) is 3.69. The zero-order chi connectivity index (χ0) is 14.2. The van der Waals surface area contributed by atoms with E-state index in [0.717, 1.165) is 37.8 Å². The molecule has 0 radical (unpaired) electrons. The Hall–Kier alpha value is -1.06. The maximum Gasteiger partial charge on any atom is 0.119 e. The molecule has 0 bridgehead atoms. The van der Waals surface area contributed by atoms with Gasteiger partial charge in [-0.15, -0.1) is 0 Å². The fraction of sp³-hybridized carbons (Fsp3) is 0.647. The molecular formula is C17H27NO2. The summed E-state index contributed by atoms with van der Waals surface area (Å²) < 4.78 is 10.8. The molecule has 2 unspecified atom stereocenters. The van der Waals surface area contributed by atoms with Crippen molar-refractivity contribution in [1.29, 1.82) is 0 Å². The van der Waals surface area contributed by atoms with Crippen molar-refractivity contribution in [2.24, 2.45) is 5.92 Å². The van der Waals surface area contributed by atoms with E-state index >= 15 is 0 Å². The third kappa shape index (κ3) is 4.80. The monoisotopic (exact) mass is 277 g/mol. The number of ether oxygens (including phenoxy) is 2. The third-order valence-corrected chi connectivity index (χ3v) is 3.94. The standard InChI is InChI=1S/C17H27NO2/c1-3-8-18-16(11-15-7-9-20-13-15)10-14-5-4-6-17(12-14)19-2/h4-6,12,15-16,18H,3,7-11,13H2,1-2H3. The molecule has 1 heterocycles. The van der Waals surface area contributed by atoms with Crippen LogP contribution in [0.2, 0.25) is 0 Å². The SMILES string of the molecule is CCCNC(Cc1cccc(OC)c1)CC1CCOC1. The molecule has 1 saturated heterocycles. The fourth-order valence-electron chi connectivity index (χ4n) is 2.84. The topological polar surface area (TPSA) is 30.5 Å². The molecule has 0 spiro atoms. The molecule has 0 aliphatic carbocycles. The van der Waals surface area contributed by atoms with Crippen LogP contribution in [-0.2, 0) is 11.2 Å². The minimum atomic E-state index is 0.536. The third-order valence-electron chi connectivity index (χ3n) is 3.94. The first-order valence-electron chi connectivity index (χ1n) is 7.76. The highest BCUT2D eigenvalue weighted by molar-refractivity contribution is 5.29. The lowest BCUT2D eigenvalue weighted by Gasteiger charge is -2.21. The molecule has 1 aromatic carbocycles. The van der Waals surface area contributed by atoms with Gasteiger partial charge in [-0.25, -0.2) is 0 Å². The van der Waals surface area contributed by atoms with Crippen LogP contribution in [0.15, 0.2) is 24.3 Å². The number of rotatable bonds is 8. The number of methoxy groups -OCH3 is 1. The molecule has 1 N–H and O–H groups in total. The van der Waals surface area contributed by atoms with E-state index in [1.165, 1.54) is 24.8 Å². The first kappa shape index (κ1) is 15.3. The van der Waals surface area contributed by atoms with E-state index < -0.39 is 0 Å². The fourth-order valence-corrected chi connectivity index (χ4v) is 2.84. The minimum absolute atomic E-state index is 0.536. The summed E-state index contributed by atoms with van der Waals surface area (Å²) in [5.41, 5.74) is 1.34. The Bertz CT molecular complexity index is 388. The van der Waals surface area contributed by atoms with Crippen LogP contribution in [0.5, 0.6) is 5.75 Å². The molecule has 112 valence electrons. The number of nitrogens with one attached hydrogen (secondary N) is 1. The largest absolute Gasteiger partial charge is 0.497 e. The molecule has 1 aliphatic rings. The smallest absolute Gasteiger partial charge is 0.119 e. The van der Waals surface area contributed by atoms with Crippen molar-refractivity contribution in [3.8, 4) is 5.75 Å². The van der Waals surface area contributed by atoms with Crippen LogP contribution in [0, 0.1) is 5.92 Å². The number of benzene rings is 1. The van der Waals surface area contributed by atoms with E-state index in [-0.39, 0.29) is 0 Å². The van der Waals surface area contributed by atoms with Gasteiger partial charge in [0.05, 0.1) is 7.11 Å². The molecule has 1 aliphatic heterocycles. The summed E-state index contributed by atoms with van der Waals surface area (Å²) in [6.45, 7) is 5.17. The van der Waals surface area contributed by atoms with Crippen molar-refractivity contribution in [3.63, 3.8) is 0 Å². The van der Waals surface area contributed by atoms with Gasteiger partial charge in [0.25, 0.3) is 0 Å². The zero-order valence-corrected chi connectivity index (χ0v) is 12.7. The molecule has 2 atom stereocenters. The van der Waals surface area contributed by atoms with Crippen molar-refractivity contribution in [3.05, 3.63) is 29.8 Å². The van der Waals surface area contributed by atoms with Crippen LogP contribution in [0.1, 0.15) is 31.7 Å². The summed E-state index contributed by atoms with van der Waals surface area (Å²) in [6.07, 6.45) is 4.66. The van der Waals surface area contributed by atoms with E-state index in [0.29, 0.717) is 6.04 Å². The summed E-state index contributed by atoms with van der Waals surface area (Å²) in [4.78, 5) is 0. The van der Waals surface area contributed by atoms with Crippen molar-refractivity contribution >= 4 is 0 Å². The first-order valence-corrected chi connectivity index (χ1v) is 7.76. The van der Waals surface area contributed by atoms with E-state index in [2.05, 4.69) is 30.4 Å². The van der Waals surface area contributed by atoms with Gasteiger partial charge >= 0.3 is 0 Å². The minimum Gasteiger partial charge on any atom is -0.497 e. The van der Waals surface area contributed by atoms with E-state index in [9.17, 15) is 0 Å². The van der Waals surface area contributed by atoms with Gasteiger partial charge < -0.3 is 14.8 Å². The summed E-state index contributed by atoms with van der Waals surface area (Å²) in [5.74, 6) is 1.66. The van der Waals surface area contributed by atoms with Gasteiger partial charge in [0.2, 0.25) is 0 Å². The van der Waals surface area contributed by atoms with Crippen molar-refractivity contribution in [2.45, 2.75) is 38.6 Å². The van der Waals surface area contributed by atoms with E-state index in [1.54, 1.807) is 7.11 Å². The van der Waals surface area contributed by atoms with Gasteiger partial charge in [-0.05, 0) is 55.8 Å². The normalized spacial score (nSPS) is 20.0. The van der Waals surface area contributed by atoms with Crippen molar-refractivity contribution < 1.29 is 9.47 Å². The van der Waals surface area contributed by atoms with Crippen LogP contribution < -0.4 is 10.1 Å². The Kier molecular flexibility index (Phi) is 6.34. The summed E-state index contributed by atoms with van der Waals surface area (Å²) in [6, 6.07) is 8.95. The maximum atomic E-state index is 5.50. The molecule has 3 nitrogen and oxygen atoms in total. The molecule has 1 aromatic rings. The van der Waals surface area contributed by atoms with E-state index in [4.69, 9.17) is 9.47 Å². The Labute approximate surface area is 122 Å². The highest BCUT2D eigenvalue weighted by atomic mass is 16.5. The van der Waals surface area contributed by atoms with Crippen molar-refractivity contribution in [1.82, 2.24) is 5.32 Å². The van der Waals surface area contributed by atoms with Crippen LogP contribution in [0.25, 0.3) is 0 Å². The van der Waals surface area contributed by atoms with Gasteiger partial charge in [-0.2, -0.15) is 0 Å². The second-order valence-electron chi connectivity index (χ2n) is 5.67. The van der Waals surface area contributed by atoms with Crippen LogP contribution in [0.4, 0.5) is 0 Å². The molecule has 3 heteroatoms. The van der Waals surface area contributed by atoms with Gasteiger partial charge in [-0.1, -0.05) is 19.1 Å². The average Bonchev–Trinajstić information content (AvgIpc) is 2.98. The van der Waals surface area contributed by atoms with Crippen LogP contribution in [-0.4, -0.2) is 32.9 Å². The Morgan fingerprint density at radius 2 is 2.35 bits per heavy atom. The van der Waals surface area contributed by atoms with Crippen molar-refractivity contribution in [2.75, 3.05) is 26.9 Å². The zero-order valence-electron chi connectivity index (χ0n) is 12.7. The molecule has 2 rings (SSSR count). The number of hydrogen-bond donors (Lipinski definition) is 1. The average molecular weight is 277 g/mol.